The first-order valence-corrected chi connectivity index (χ1v) is 12.5. The molecule has 184 valence electrons. The molecule has 2 amide bonds. The van der Waals surface area contributed by atoms with Crippen molar-refractivity contribution >= 4 is 18.0 Å². The van der Waals surface area contributed by atoms with Crippen LogP contribution in [0.25, 0.3) is 11.1 Å². The first-order chi connectivity index (χ1) is 16.9. The van der Waals surface area contributed by atoms with Crippen LogP contribution in [0.1, 0.15) is 56.1 Å². The van der Waals surface area contributed by atoms with Gasteiger partial charge < -0.3 is 20.1 Å². The van der Waals surface area contributed by atoms with Gasteiger partial charge in [-0.3, -0.25) is 4.79 Å². The number of carbonyl (C=O) groups is 3. The van der Waals surface area contributed by atoms with Gasteiger partial charge in [0.15, 0.2) is 0 Å². The van der Waals surface area contributed by atoms with Crippen molar-refractivity contribution in [3.05, 3.63) is 59.7 Å². The molecule has 2 N–H and O–H groups in total. The molecule has 2 atom stereocenters. The van der Waals surface area contributed by atoms with Crippen LogP contribution in [0.15, 0.2) is 48.5 Å². The van der Waals surface area contributed by atoms with E-state index in [4.69, 9.17) is 4.74 Å². The van der Waals surface area contributed by atoms with Gasteiger partial charge in [0.25, 0.3) is 0 Å². The van der Waals surface area contributed by atoms with Crippen molar-refractivity contribution in [3.63, 3.8) is 0 Å². The molecule has 2 fully saturated rings. The summed E-state index contributed by atoms with van der Waals surface area (Å²) in [5.74, 6) is -0.869. The second kappa shape index (κ2) is 9.36. The van der Waals surface area contributed by atoms with E-state index in [1.165, 1.54) is 16.0 Å². The number of carboxylic acid groups (broad SMARTS) is 1. The predicted octanol–water partition coefficient (Wildman–Crippen LogP) is 4.41. The van der Waals surface area contributed by atoms with Crippen molar-refractivity contribution in [2.24, 2.45) is 11.3 Å². The van der Waals surface area contributed by atoms with Crippen LogP contribution in [0, 0.1) is 11.3 Å². The van der Waals surface area contributed by atoms with Gasteiger partial charge in [0, 0.05) is 19.0 Å². The average Bonchev–Trinajstić information content (AvgIpc) is 3.15. The number of carboxylic acids is 1. The smallest absolute Gasteiger partial charge is 0.407 e. The fraction of sp³-hybridized carbons (Fsp3) is 0.464. The standard InChI is InChI=1S/C28H32N2O5/c1-18-11-12-24(25(31)32)30(15-18)26(33)28(13-6-14-28)17-29-27(34)35-16-23-21-9-4-2-7-19(21)20-8-3-5-10-22(20)23/h2-5,7-10,18,23-24H,6,11-17H2,1H3,(H,29,34)(H,31,32). The molecule has 1 saturated heterocycles. The van der Waals surface area contributed by atoms with E-state index in [-0.39, 0.29) is 30.9 Å². The molecular weight excluding hydrogens is 444 g/mol. The molecule has 7 nitrogen and oxygen atoms in total. The topological polar surface area (TPSA) is 95.9 Å². The summed E-state index contributed by atoms with van der Waals surface area (Å²) in [7, 11) is 0. The summed E-state index contributed by atoms with van der Waals surface area (Å²) in [5, 5.41) is 12.5. The molecular formula is C28H32N2O5. The maximum atomic E-state index is 13.5. The van der Waals surface area contributed by atoms with Crippen LogP contribution in [-0.4, -0.2) is 53.7 Å². The largest absolute Gasteiger partial charge is 0.480 e. The molecule has 1 heterocycles. The maximum Gasteiger partial charge on any atom is 0.407 e. The van der Waals surface area contributed by atoms with E-state index in [1.54, 1.807) is 0 Å². The van der Waals surface area contributed by atoms with Gasteiger partial charge in [-0.25, -0.2) is 9.59 Å². The van der Waals surface area contributed by atoms with E-state index in [2.05, 4.69) is 29.6 Å². The Morgan fingerprint density at radius 2 is 1.66 bits per heavy atom. The lowest BCUT2D eigenvalue weighted by atomic mass is 9.67. The van der Waals surface area contributed by atoms with Gasteiger partial charge >= 0.3 is 12.1 Å². The zero-order valence-corrected chi connectivity index (χ0v) is 20.0. The lowest BCUT2D eigenvalue weighted by Crippen LogP contribution is -2.59. The fourth-order valence-electron chi connectivity index (χ4n) is 5.90. The molecule has 3 aliphatic rings. The minimum absolute atomic E-state index is 0.0291. The number of ether oxygens (including phenoxy) is 1. The number of nitrogens with one attached hydrogen (secondary N) is 1. The Morgan fingerprint density at radius 3 is 2.23 bits per heavy atom. The van der Waals surface area contributed by atoms with Gasteiger partial charge in [0.1, 0.15) is 12.6 Å². The van der Waals surface area contributed by atoms with Crippen LogP contribution >= 0.6 is 0 Å². The second-order valence-electron chi connectivity index (χ2n) is 10.3. The Kier molecular flexibility index (Phi) is 6.26. The number of piperidine rings is 1. The number of rotatable bonds is 6. The molecule has 0 radical (unpaired) electrons. The Bertz CT molecular complexity index is 1100. The average molecular weight is 477 g/mol. The summed E-state index contributed by atoms with van der Waals surface area (Å²) in [6, 6.07) is 15.6. The van der Waals surface area contributed by atoms with Crippen molar-refractivity contribution in [1.82, 2.24) is 10.2 Å². The number of amides is 2. The van der Waals surface area contributed by atoms with E-state index < -0.39 is 23.5 Å². The molecule has 0 aromatic heterocycles. The molecule has 1 saturated carbocycles. The fourth-order valence-corrected chi connectivity index (χ4v) is 5.90. The molecule has 2 aliphatic carbocycles. The molecule has 5 rings (SSSR count). The third-order valence-corrected chi connectivity index (χ3v) is 8.04. The van der Waals surface area contributed by atoms with Crippen molar-refractivity contribution in [3.8, 4) is 11.1 Å². The third-order valence-electron chi connectivity index (χ3n) is 8.04. The number of nitrogens with zero attached hydrogens (tertiary/aromatic N) is 1. The number of likely N-dealkylation sites (tertiary alicyclic amines) is 1. The third kappa shape index (κ3) is 4.28. The van der Waals surface area contributed by atoms with E-state index in [0.29, 0.717) is 25.8 Å². The minimum Gasteiger partial charge on any atom is -0.480 e. The first kappa shape index (κ1) is 23.4. The van der Waals surface area contributed by atoms with Crippen LogP contribution in [0.5, 0.6) is 0 Å². The number of carbonyl (C=O) groups excluding carboxylic acids is 2. The van der Waals surface area contributed by atoms with Crippen LogP contribution in [0.3, 0.4) is 0 Å². The number of hydrogen-bond acceptors (Lipinski definition) is 4. The Labute approximate surface area is 205 Å². The molecule has 0 bridgehead atoms. The SMILES string of the molecule is CC1CCC(C(=O)O)N(C(=O)C2(CNC(=O)OCC3c4ccccc4-c4ccccc43)CCC2)C1. The number of hydrogen-bond donors (Lipinski definition) is 2. The van der Waals surface area contributed by atoms with Gasteiger partial charge in [0.05, 0.1) is 5.41 Å². The highest BCUT2D eigenvalue weighted by atomic mass is 16.5. The summed E-state index contributed by atoms with van der Waals surface area (Å²) >= 11 is 0. The monoisotopic (exact) mass is 476 g/mol. The maximum absolute atomic E-state index is 13.5. The van der Waals surface area contributed by atoms with Crippen LogP contribution in [-0.2, 0) is 14.3 Å². The van der Waals surface area contributed by atoms with Gasteiger partial charge in [0.2, 0.25) is 5.91 Å². The second-order valence-corrected chi connectivity index (χ2v) is 10.3. The number of benzene rings is 2. The summed E-state index contributed by atoms with van der Waals surface area (Å²) in [4.78, 5) is 39.5. The predicted molar refractivity (Wildman–Crippen MR) is 131 cm³/mol. The van der Waals surface area contributed by atoms with E-state index >= 15 is 0 Å². The molecule has 1 aliphatic heterocycles. The van der Waals surface area contributed by atoms with E-state index in [1.807, 2.05) is 31.2 Å². The molecule has 2 unspecified atom stereocenters. The van der Waals surface area contributed by atoms with Gasteiger partial charge in [-0.15, -0.1) is 0 Å². The van der Waals surface area contributed by atoms with Crippen molar-refractivity contribution < 1.29 is 24.2 Å². The van der Waals surface area contributed by atoms with Crippen molar-refractivity contribution in [2.75, 3.05) is 19.7 Å². The molecule has 7 heteroatoms. The number of aliphatic carboxylic acids is 1. The Balaban J connectivity index is 1.22. The number of alkyl carbamates (subject to hydrolysis) is 1. The Morgan fingerprint density at radius 1 is 1.03 bits per heavy atom. The lowest BCUT2D eigenvalue weighted by molar-refractivity contribution is -0.161. The van der Waals surface area contributed by atoms with Crippen molar-refractivity contribution in [2.45, 2.75) is 51.0 Å². The summed E-state index contributed by atoms with van der Waals surface area (Å²) in [6.07, 6.45) is 2.90. The first-order valence-electron chi connectivity index (χ1n) is 12.5. The normalized spacial score (nSPS) is 22.5. The molecule has 35 heavy (non-hydrogen) atoms. The highest BCUT2D eigenvalue weighted by molar-refractivity contribution is 5.89. The quantitative estimate of drug-likeness (QED) is 0.644. The zero-order chi connectivity index (χ0) is 24.6. The van der Waals surface area contributed by atoms with Crippen LogP contribution in [0.2, 0.25) is 0 Å². The van der Waals surface area contributed by atoms with Gasteiger partial charge in [-0.1, -0.05) is 61.9 Å². The van der Waals surface area contributed by atoms with E-state index in [0.717, 1.165) is 24.0 Å². The van der Waals surface area contributed by atoms with Gasteiger partial charge in [-0.2, -0.15) is 0 Å². The molecule has 0 spiro atoms. The lowest BCUT2D eigenvalue weighted by Gasteiger charge is -2.47. The summed E-state index contributed by atoms with van der Waals surface area (Å²) in [5.41, 5.74) is 3.88. The molecule has 2 aromatic rings. The summed E-state index contributed by atoms with van der Waals surface area (Å²) < 4.78 is 5.64. The van der Waals surface area contributed by atoms with Crippen LogP contribution in [0.4, 0.5) is 4.79 Å². The Hall–Kier alpha value is -3.35. The highest BCUT2D eigenvalue weighted by Crippen LogP contribution is 2.45. The molecule has 2 aromatic carbocycles. The minimum atomic E-state index is -0.954. The zero-order valence-electron chi connectivity index (χ0n) is 20.0. The highest BCUT2D eigenvalue weighted by Gasteiger charge is 2.49. The van der Waals surface area contributed by atoms with Crippen LogP contribution < -0.4 is 5.32 Å². The number of fused-ring (bicyclic) bond motifs is 3. The van der Waals surface area contributed by atoms with E-state index in [9.17, 15) is 19.5 Å². The van der Waals surface area contributed by atoms with Gasteiger partial charge in [-0.05, 0) is 53.9 Å². The summed E-state index contributed by atoms with van der Waals surface area (Å²) in [6.45, 7) is 2.87. The van der Waals surface area contributed by atoms with Crippen molar-refractivity contribution in [1.29, 1.82) is 0 Å².